The lowest BCUT2D eigenvalue weighted by atomic mass is 10.0. The molecule has 1 atom stereocenters. The molecule has 1 N–H and O–H groups in total. The van der Waals surface area contributed by atoms with Crippen LogP contribution >= 0.6 is 11.8 Å². The van der Waals surface area contributed by atoms with E-state index in [-0.39, 0.29) is 5.78 Å². The number of rotatable bonds is 6. The zero-order chi connectivity index (χ0) is 19.7. The van der Waals surface area contributed by atoms with Crippen LogP contribution in [0.1, 0.15) is 15.9 Å². The Morgan fingerprint density at radius 1 is 1.11 bits per heavy atom. The summed E-state index contributed by atoms with van der Waals surface area (Å²) in [6, 6.07) is 11.0. The number of para-hydroxylation sites is 1. The van der Waals surface area contributed by atoms with Gasteiger partial charge >= 0.3 is 0 Å². The molecule has 0 bridgehead atoms. The molecular weight excluding hydrogens is 376 g/mol. The van der Waals surface area contributed by atoms with Crippen LogP contribution in [-0.4, -0.2) is 48.9 Å². The molecule has 2 heterocycles. The second kappa shape index (κ2) is 7.59. The number of ether oxygens (including phenoxy) is 3. The minimum atomic E-state index is -0.451. The molecule has 0 aliphatic carbocycles. The maximum atomic E-state index is 13.1. The van der Waals surface area contributed by atoms with Crippen LogP contribution in [-0.2, 0) is 0 Å². The van der Waals surface area contributed by atoms with Crippen LogP contribution < -0.4 is 14.2 Å². The molecule has 4 rings (SSSR count). The number of aromatic nitrogens is 1. The Bertz CT molecular complexity index is 1050. The molecule has 1 aromatic heterocycles. The van der Waals surface area contributed by atoms with Crippen LogP contribution in [0.4, 0.5) is 0 Å². The summed E-state index contributed by atoms with van der Waals surface area (Å²) >= 11 is 1.59. The first kappa shape index (κ1) is 18.4. The van der Waals surface area contributed by atoms with Crippen molar-refractivity contribution in [2.75, 3.05) is 27.1 Å². The van der Waals surface area contributed by atoms with Gasteiger partial charge in [-0.3, -0.25) is 9.79 Å². The van der Waals surface area contributed by atoms with E-state index in [9.17, 15) is 4.79 Å². The summed E-state index contributed by atoms with van der Waals surface area (Å²) in [6.45, 7) is 0. The Hall–Kier alpha value is -2.93. The smallest absolute Gasteiger partial charge is 0.203 e. The molecule has 2 aromatic carbocycles. The van der Waals surface area contributed by atoms with Crippen molar-refractivity contribution in [1.82, 2.24) is 4.98 Å². The average molecular weight is 396 g/mol. The van der Waals surface area contributed by atoms with E-state index in [1.807, 2.05) is 30.5 Å². The van der Waals surface area contributed by atoms with Crippen LogP contribution in [0.25, 0.3) is 10.9 Å². The molecule has 144 valence electrons. The van der Waals surface area contributed by atoms with Gasteiger partial charge < -0.3 is 19.2 Å². The van der Waals surface area contributed by atoms with E-state index >= 15 is 0 Å². The fourth-order valence-electron chi connectivity index (χ4n) is 3.33. The van der Waals surface area contributed by atoms with Gasteiger partial charge in [0.2, 0.25) is 5.75 Å². The number of methoxy groups -OCH3 is 3. The molecule has 0 saturated carbocycles. The Kier molecular flexibility index (Phi) is 5.00. The summed E-state index contributed by atoms with van der Waals surface area (Å²) in [5.74, 6) is 1.90. The zero-order valence-electron chi connectivity index (χ0n) is 15.8. The van der Waals surface area contributed by atoms with E-state index in [0.717, 1.165) is 21.5 Å². The van der Waals surface area contributed by atoms with E-state index in [4.69, 9.17) is 19.2 Å². The number of nitrogens with zero attached hydrogens (tertiary/aromatic N) is 1. The second-order valence-electron chi connectivity index (χ2n) is 6.29. The standard InChI is InChI=1S/C21H20N2O4S/c1-25-16-9-13(10-17(26-2)20(16)27-3)19(24)15-11-28-21(23-15)14-6-4-5-12-7-8-22-18(12)14/h4-10,15,22H,11H2,1-3H3. The molecule has 0 fully saturated rings. The fraction of sp³-hybridized carbons (Fsp3) is 0.238. The van der Waals surface area contributed by atoms with Crippen molar-refractivity contribution < 1.29 is 19.0 Å². The summed E-state index contributed by atoms with van der Waals surface area (Å²) in [7, 11) is 4.60. The number of hydrogen-bond acceptors (Lipinski definition) is 6. The topological polar surface area (TPSA) is 72.9 Å². The van der Waals surface area contributed by atoms with Gasteiger partial charge in [-0.15, -0.1) is 11.8 Å². The van der Waals surface area contributed by atoms with E-state index in [1.165, 1.54) is 21.3 Å². The largest absolute Gasteiger partial charge is 0.493 e. The van der Waals surface area contributed by atoms with Crippen LogP contribution in [0.3, 0.4) is 0 Å². The molecule has 0 amide bonds. The second-order valence-corrected chi connectivity index (χ2v) is 7.30. The summed E-state index contributed by atoms with van der Waals surface area (Å²) in [4.78, 5) is 21.1. The number of nitrogens with one attached hydrogen (secondary N) is 1. The SMILES string of the molecule is COc1cc(C(=O)C2CSC(c3cccc4cc[nH]c34)=N2)cc(OC)c1OC. The highest BCUT2D eigenvalue weighted by atomic mass is 32.2. The number of hydrogen-bond donors (Lipinski definition) is 1. The maximum absolute atomic E-state index is 13.1. The molecule has 7 heteroatoms. The highest BCUT2D eigenvalue weighted by molar-refractivity contribution is 8.14. The van der Waals surface area contributed by atoms with Crippen molar-refractivity contribution in [2.45, 2.75) is 6.04 Å². The van der Waals surface area contributed by atoms with Gasteiger partial charge in [0.25, 0.3) is 0 Å². The fourth-order valence-corrected chi connectivity index (χ4v) is 4.40. The first-order valence-corrected chi connectivity index (χ1v) is 9.76. The molecule has 1 aliphatic rings. The molecule has 6 nitrogen and oxygen atoms in total. The van der Waals surface area contributed by atoms with Crippen molar-refractivity contribution in [3.05, 3.63) is 53.7 Å². The molecule has 1 aliphatic heterocycles. The van der Waals surface area contributed by atoms with Crippen LogP contribution in [0.15, 0.2) is 47.6 Å². The number of ketones is 1. The monoisotopic (exact) mass is 396 g/mol. The van der Waals surface area contributed by atoms with Gasteiger partial charge in [0.05, 0.1) is 26.8 Å². The number of thioether (sulfide) groups is 1. The Labute approximate surface area is 166 Å². The van der Waals surface area contributed by atoms with Crippen molar-refractivity contribution in [1.29, 1.82) is 0 Å². The normalized spacial score (nSPS) is 16.1. The molecule has 28 heavy (non-hydrogen) atoms. The predicted octanol–water partition coefficient (Wildman–Crippen LogP) is 3.94. The van der Waals surface area contributed by atoms with E-state index in [2.05, 4.69) is 4.98 Å². The number of H-pyrrole nitrogens is 1. The van der Waals surface area contributed by atoms with Gasteiger partial charge in [0.1, 0.15) is 11.1 Å². The Morgan fingerprint density at radius 3 is 2.54 bits per heavy atom. The lowest BCUT2D eigenvalue weighted by molar-refractivity contribution is 0.0971. The summed E-state index contributed by atoms with van der Waals surface area (Å²) < 4.78 is 16.0. The third-order valence-corrected chi connectivity index (χ3v) is 5.80. The van der Waals surface area contributed by atoms with E-state index in [1.54, 1.807) is 23.9 Å². The van der Waals surface area contributed by atoms with Gasteiger partial charge in [-0.25, -0.2) is 0 Å². The van der Waals surface area contributed by atoms with Crippen molar-refractivity contribution in [3.8, 4) is 17.2 Å². The number of Topliss-reactive ketones (excluding diaryl/α,β-unsaturated/α-hetero) is 1. The van der Waals surface area contributed by atoms with Crippen molar-refractivity contribution in [2.24, 2.45) is 4.99 Å². The lowest BCUT2D eigenvalue weighted by Crippen LogP contribution is -2.19. The van der Waals surface area contributed by atoms with Gasteiger partial charge in [-0.1, -0.05) is 18.2 Å². The third kappa shape index (κ3) is 3.11. The van der Waals surface area contributed by atoms with Gasteiger partial charge in [-0.2, -0.15) is 0 Å². The third-order valence-electron chi connectivity index (χ3n) is 4.72. The summed E-state index contributed by atoms with van der Waals surface area (Å²) in [5.41, 5.74) is 2.55. The summed E-state index contributed by atoms with van der Waals surface area (Å²) in [6.07, 6.45) is 1.91. The zero-order valence-corrected chi connectivity index (χ0v) is 16.6. The number of aromatic amines is 1. The Morgan fingerprint density at radius 2 is 1.86 bits per heavy atom. The first-order valence-electron chi connectivity index (χ1n) is 8.77. The summed E-state index contributed by atoms with van der Waals surface area (Å²) in [5, 5.41) is 2.00. The highest BCUT2D eigenvalue weighted by Crippen LogP contribution is 2.39. The molecule has 3 aromatic rings. The highest BCUT2D eigenvalue weighted by Gasteiger charge is 2.29. The molecule has 1 unspecified atom stereocenters. The molecular formula is C21H20N2O4S. The quantitative estimate of drug-likeness (QED) is 0.639. The van der Waals surface area contributed by atoms with E-state index in [0.29, 0.717) is 28.6 Å². The minimum Gasteiger partial charge on any atom is -0.493 e. The molecule has 0 spiro atoms. The van der Waals surface area contributed by atoms with E-state index < -0.39 is 6.04 Å². The Balaban J connectivity index is 1.67. The molecule has 0 saturated heterocycles. The average Bonchev–Trinajstić information content (AvgIpc) is 3.41. The van der Waals surface area contributed by atoms with Crippen molar-refractivity contribution >= 4 is 33.5 Å². The lowest BCUT2D eigenvalue weighted by Gasteiger charge is -2.14. The number of benzene rings is 2. The number of aliphatic imine (C=N–C) groups is 1. The van der Waals surface area contributed by atoms with Crippen LogP contribution in [0, 0.1) is 0 Å². The van der Waals surface area contributed by atoms with Gasteiger partial charge in [0, 0.05) is 28.5 Å². The first-order chi connectivity index (χ1) is 13.7. The van der Waals surface area contributed by atoms with Gasteiger partial charge in [-0.05, 0) is 18.2 Å². The number of fused-ring (bicyclic) bond motifs is 1. The number of carbonyl (C=O) groups is 1. The predicted molar refractivity (Wildman–Crippen MR) is 112 cm³/mol. The van der Waals surface area contributed by atoms with Crippen molar-refractivity contribution in [3.63, 3.8) is 0 Å². The number of carbonyl (C=O) groups excluding carboxylic acids is 1. The van der Waals surface area contributed by atoms with Gasteiger partial charge in [0.15, 0.2) is 17.3 Å². The molecule has 0 radical (unpaired) electrons. The minimum absolute atomic E-state index is 0.0691. The maximum Gasteiger partial charge on any atom is 0.203 e. The van der Waals surface area contributed by atoms with Crippen LogP contribution in [0.2, 0.25) is 0 Å². The van der Waals surface area contributed by atoms with Crippen LogP contribution in [0.5, 0.6) is 17.2 Å².